The van der Waals surface area contributed by atoms with E-state index in [2.05, 4.69) is 12.2 Å². The summed E-state index contributed by atoms with van der Waals surface area (Å²) >= 11 is 1.67. The lowest BCUT2D eigenvalue weighted by molar-refractivity contribution is 0.0952. The molecule has 0 aliphatic rings. The molecule has 0 spiro atoms. The number of carbonyl (C=O) groups excluding carboxylic acids is 1. The Labute approximate surface area is 142 Å². The summed E-state index contributed by atoms with van der Waals surface area (Å²) in [5.74, 6) is 0.880. The SMILES string of the molecule is CSc1ccc(C(=O)NCCCCOc2ccc(C)cc2)cc1. The van der Waals surface area contributed by atoms with Crippen LogP contribution in [-0.4, -0.2) is 25.3 Å². The largest absolute Gasteiger partial charge is 0.494 e. The summed E-state index contributed by atoms with van der Waals surface area (Å²) in [5, 5.41) is 2.94. The fraction of sp³-hybridized carbons (Fsp3) is 0.316. The van der Waals surface area contributed by atoms with Gasteiger partial charge >= 0.3 is 0 Å². The van der Waals surface area contributed by atoms with Gasteiger partial charge in [-0.05, 0) is 62.4 Å². The van der Waals surface area contributed by atoms with Crippen LogP contribution in [0.15, 0.2) is 53.4 Å². The van der Waals surface area contributed by atoms with Crippen LogP contribution in [0.2, 0.25) is 0 Å². The maximum absolute atomic E-state index is 12.0. The van der Waals surface area contributed by atoms with Crippen molar-refractivity contribution < 1.29 is 9.53 Å². The van der Waals surface area contributed by atoms with E-state index in [9.17, 15) is 4.79 Å². The Morgan fingerprint density at radius 1 is 1.04 bits per heavy atom. The van der Waals surface area contributed by atoms with Gasteiger partial charge in [-0.3, -0.25) is 4.79 Å². The first kappa shape index (κ1) is 17.4. The highest BCUT2D eigenvalue weighted by molar-refractivity contribution is 7.98. The molecule has 1 amide bonds. The van der Waals surface area contributed by atoms with Gasteiger partial charge in [-0.15, -0.1) is 11.8 Å². The van der Waals surface area contributed by atoms with Gasteiger partial charge in [0.15, 0.2) is 0 Å². The number of rotatable bonds is 8. The van der Waals surface area contributed by atoms with Gasteiger partial charge in [-0.2, -0.15) is 0 Å². The van der Waals surface area contributed by atoms with Crippen molar-refractivity contribution in [1.82, 2.24) is 5.32 Å². The minimum atomic E-state index is -0.0166. The molecule has 0 aliphatic carbocycles. The predicted octanol–water partition coefficient (Wildman–Crippen LogP) is 4.31. The maximum Gasteiger partial charge on any atom is 0.251 e. The van der Waals surface area contributed by atoms with Crippen molar-refractivity contribution in [3.8, 4) is 5.75 Å². The molecule has 0 unspecified atom stereocenters. The molecular weight excluding hydrogens is 306 g/mol. The number of hydrogen-bond acceptors (Lipinski definition) is 3. The van der Waals surface area contributed by atoms with Crippen molar-refractivity contribution in [1.29, 1.82) is 0 Å². The van der Waals surface area contributed by atoms with Crippen molar-refractivity contribution in [3.63, 3.8) is 0 Å². The van der Waals surface area contributed by atoms with E-state index in [-0.39, 0.29) is 5.91 Å². The van der Waals surface area contributed by atoms with Crippen LogP contribution in [0.5, 0.6) is 5.75 Å². The molecule has 2 aromatic carbocycles. The van der Waals surface area contributed by atoms with Crippen molar-refractivity contribution in [3.05, 3.63) is 59.7 Å². The Morgan fingerprint density at radius 3 is 2.39 bits per heavy atom. The molecule has 122 valence electrons. The topological polar surface area (TPSA) is 38.3 Å². The summed E-state index contributed by atoms with van der Waals surface area (Å²) in [7, 11) is 0. The lowest BCUT2D eigenvalue weighted by Gasteiger charge is -2.08. The molecule has 0 heterocycles. The Kier molecular flexibility index (Phi) is 7.01. The number of thioether (sulfide) groups is 1. The molecule has 0 saturated heterocycles. The number of amides is 1. The molecule has 23 heavy (non-hydrogen) atoms. The first-order valence-corrected chi connectivity index (χ1v) is 9.03. The van der Waals surface area contributed by atoms with Gasteiger partial charge in [0.2, 0.25) is 0 Å². The average molecular weight is 329 g/mol. The molecule has 3 nitrogen and oxygen atoms in total. The minimum Gasteiger partial charge on any atom is -0.494 e. The van der Waals surface area contributed by atoms with Gasteiger partial charge < -0.3 is 10.1 Å². The third-order valence-electron chi connectivity index (χ3n) is 3.50. The average Bonchev–Trinajstić information content (AvgIpc) is 2.59. The zero-order valence-electron chi connectivity index (χ0n) is 13.7. The number of carbonyl (C=O) groups is 1. The normalized spacial score (nSPS) is 10.3. The molecule has 0 radical (unpaired) electrons. The van der Waals surface area contributed by atoms with E-state index in [1.165, 1.54) is 5.56 Å². The van der Waals surface area contributed by atoms with Crippen LogP contribution in [0.1, 0.15) is 28.8 Å². The number of aryl methyl sites for hydroxylation is 1. The summed E-state index contributed by atoms with van der Waals surface area (Å²) in [5.41, 5.74) is 1.93. The smallest absolute Gasteiger partial charge is 0.251 e. The molecule has 1 N–H and O–H groups in total. The Bertz CT molecular complexity index is 608. The number of unbranched alkanes of at least 4 members (excludes halogenated alkanes) is 1. The highest BCUT2D eigenvalue weighted by Crippen LogP contribution is 2.15. The number of ether oxygens (including phenoxy) is 1. The summed E-state index contributed by atoms with van der Waals surface area (Å²) in [4.78, 5) is 13.1. The van der Waals surface area contributed by atoms with Crippen LogP contribution in [0.4, 0.5) is 0 Å². The van der Waals surface area contributed by atoms with Crippen LogP contribution in [0, 0.1) is 6.92 Å². The molecule has 0 bridgehead atoms. The summed E-state index contributed by atoms with van der Waals surface area (Å²) in [6.07, 6.45) is 3.84. The van der Waals surface area contributed by atoms with Gasteiger partial charge in [0.25, 0.3) is 5.91 Å². The maximum atomic E-state index is 12.0. The second-order valence-corrected chi connectivity index (χ2v) is 6.23. The highest BCUT2D eigenvalue weighted by atomic mass is 32.2. The number of nitrogens with one attached hydrogen (secondary N) is 1. The van der Waals surface area contributed by atoms with Crippen LogP contribution in [0.25, 0.3) is 0 Å². The third-order valence-corrected chi connectivity index (χ3v) is 4.24. The molecule has 0 aliphatic heterocycles. The van der Waals surface area contributed by atoms with Crippen LogP contribution < -0.4 is 10.1 Å². The van der Waals surface area contributed by atoms with E-state index in [1.54, 1.807) is 11.8 Å². The standard InChI is InChI=1S/C19H23NO2S/c1-15-5-9-17(10-6-15)22-14-4-3-13-20-19(21)16-7-11-18(23-2)12-8-16/h5-12H,3-4,13-14H2,1-2H3,(H,20,21). The van der Waals surface area contributed by atoms with Crippen molar-refractivity contribution in [2.75, 3.05) is 19.4 Å². The second kappa shape index (κ2) is 9.26. The van der Waals surface area contributed by atoms with Crippen LogP contribution in [0.3, 0.4) is 0 Å². The summed E-state index contributed by atoms with van der Waals surface area (Å²) in [6, 6.07) is 15.7. The van der Waals surface area contributed by atoms with E-state index in [0.717, 1.165) is 23.5 Å². The molecule has 4 heteroatoms. The Morgan fingerprint density at radius 2 is 1.74 bits per heavy atom. The molecular formula is C19H23NO2S. The van der Waals surface area contributed by atoms with Gasteiger partial charge in [0, 0.05) is 17.0 Å². The molecule has 2 aromatic rings. The zero-order chi connectivity index (χ0) is 16.5. The highest BCUT2D eigenvalue weighted by Gasteiger charge is 2.04. The lowest BCUT2D eigenvalue weighted by atomic mass is 10.2. The van der Waals surface area contributed by atoms with E-state index in [0.29, 0.717) is 18.7 Å². The molecule has 0 aromatic heterocycles. The molecule has 0 saturated carbocycles. The molecule has 0 atom stereocenters. The quantitative estimate of drug-likeness (QED) is 0.579. The monoisotopic (exact) mass is 329 g/mol. The fourth-order valence-electron chi connectivity index (χ4n) is 2.10. The van der Waals surface area contributed by atoms with Gasteiger partial charge in [-0.25, -0.2) is 0 Å². The van der Waals surface area contributed by atoms with E-state index >= 15 is 0 Å². The summed E-state index contributed by atoms with van der Waals surface area (Å²) in [6.45, 7) is 3.39. The minimum absolute atomic E-state index is 0.0166. The van der Waals surface area contributed by atoms with E-state index in [4.69, 9.17) is 4.74 Å². The number of hydrogen-bond donors (Lipinski definition) is 1. The van der Waals surface area contributed by atoms with Crippen LogP contribution >= 0.6 is 11.8 Å². The van der Waals surface area contributed by atoms with E-state index in [1.807, 2.05) is 54.8 Å². The van der Waals surface area contributed by atoms with Gasteiger partial charge in [0.05, 0.1) is 6.61 Å². The van der Waals surface area contributed by atoms with Gasteiger partial charge in [0.1, 0.15) is 5.75 Å². The summed E-state index contributed by atoms with van der Waals surface area (Å²) < 4.78 is 5.66. The zero-order valence-corrected chi connectivity index (χ0v) is 14.5. The van der Waals surface area contributed by atoms with E-state index < -0.39 is 0 Å². The molecule has 0 fully saturated rings. The van der Waals surface area contributed by atoms with Gasteiger partial charge in [-0.1, -0.05) is 17.7 Å². The first-order valence-electron chi connectivity index (χ1n) is 7.81. The second-order valence-electron chi connectivity index (χ2n) is 5.35. The molecule has 2 rings (SSSR count). The van der Waals surface area contributed by atoms with Crippen molar-refractivity contribution in [2.24, 2.45) is 0 Å². The number of benzene rings is 2. The lowest BCUT2D eigenvalue weighted by Crippen LogP contribution is -2.24. The third kappa shape index (κ3) is 5.99. The Balaban J connectivity index is 1.61. The predicted molar refractivity (Wildman–Crippen MR) is 96.5 cm³/mol. The van der Waals surface area contributed by atoms with Crippen LogP contribution in [-0.2, 0) is 0 Å². The Hall–Kier alpha value is -1.94. The van der Waals surface area contributed by atoms with Crippen molar-refractivity contribution in [2.45, 2.75) is 24.7 Å². The van der Waals surface area contributed by atoms with Crippen molar-refractivity contribution >= 4 is 17.7 Å². The fourth-order valence-corrected chi connectivity index (χ4v) is 2.51. The first-order chi connectivity index (χ1) is 11.2.